The molecule has 0 saturated carbocycles. The van der Waals surface area contributed by atoms with Crippen LogP contribution in [0.5, 0.6) is 5.75 Å². The number of nitro groups is 1. The fourth-order valence-corrected chi connectivity index (χ4v) is 1.99. The third-order valence-corrected chi connectivity index (χ3v) is 3.16. The van der Waals surface area contributed by atoms with Gasteiger partial charge in [0.05, 0.1) is 12.0 Å². The molecule has 0 aliphatic heterocycles. The minimum atomic E-state index is -0.619. The number of hydrogen-bond donors (Lipinski definition) is 1. The van der Waals surface area contributed by atoms with Crippen molar-refractivity contribution in [2.75, 3.05) is 12.4 Å². The highest BCUT2D eigenvalue weighted by Crippen LogP contribution is 2.27. The Morgan fingerprint density at radius 2 is 1.87 bits per heavy atom. The SMILES string of the molecule is COc1ccc(C(=O)Nc2cccc(C(C)=O)c2)cc1[N+](=O)[O-]. The van der Waals surface area contributed by atoms with Gasteiger partial charge in [0.15, 0.2) is 11.5 Å². The van der Waals surface area contributed by atoms with Gasteiger partial charge < -0.3 is 10.1 Å². The summed E-state index contributed by atoms with van der Waals surface area (Å²) in [5.41, 5.74) is 0.716. The minimum Gasteiger partial charge on any atom is -0.490 e. The molecule has 0 aliphatic rings. The molecule has 0 bridgehead atoms. The number of nitrogens with one attached hydrogen (secondary N) is 1. The van der Waals surface area contributed by atoms with E-state index in [4.69, 9.17) is 4.74 Å². The van der Waals surface area contributed by atoms with Crippen LogP contribution < -0.4 is 10.1 Å². The number of anilines is 1. The second-order valence-electron chi connectivity index (χ2n) is 4.73. The summed E-state index contributed by atoms with van der Waals surface area (Å²) in [5, 5.41) is 13.6. The topological polar surface area (TPSA) is 98.5 Å². The monoisotopic (exact) mass is 314 g/mol. The Morgan fingerprint density at radius 1 is 1.13 bits per heavy atom. The first kappa shape index (κ1) is 16.2. The fourth-order valence-electron chi connectivity index (χ4n) is 1.99. The molecule has 7 heteroatoms. The molecule has 0 saturated heterocycles. The Labute approximate surface area is 132 Å². The Balaban J connectivity index is 2.27. The van der Waals surface area contributed by atoms with Gasteiger partial charge in [0.25, 0.3) is 5.91 Å². The molecule has 0 spiro atoms. The summed E-state index contributed by atoms with van der Waals surface area (Å²) in [6.45, 7) is 1.42. The normalized spacial score (nSPS) is 10.0. The van der Waals surface area contributed by atoms with Crippen molar-refractivity contribution in [3.63, 3.8) is 0 Å². The zero-order valence-corrected chi connectivity index (χ0v) is 12.5. The molecule has 1 N–H and O–H groups in total. The van der Waals surface area contributed by atoms with Crippen LogP contribution >= 0.6 is 0 Å². The largest absolute Gasteiger partial charge is 0.490 e. The van der Waals surface area contributed by atoms with Crippen LogP contribution in [0.1, 0.15) is 27.6 Å². The number of benzene rings is 2. The molecule has 0 aliphatic carbocycles. The Bertz CT molecular complexity index is 786. The van der Waals surface area contributed by atoms with E-state index in [1.807, 2.05) is 0 Å². The number of nitrogens with zero attached hydrogens (tertiary/aromatic N) is 1. The van der Waals surface area contributed by atoms with Gasteiger partial charge in [-0.3, -0.25) is 19.7 Å². The minimum absolute atomic E-state index is 0.0742. The summed E-state index contributed by atoms with van der Waals surface area (Å²) in [6, 6.07) is 10.4. The third kappa shape index (κ3) is 3.70. The summed E-state index contributed by atoms with van der Waals surface area (Å²) >= 11 is 0. The maximum atomic E-state index is 12.2. The van der Waals surface area contributed by atoms with Crippen molar-refractivity contribution in [1.82, 2.24) is 0 Å². The highest BCUT2D eigenvalue weighted by atomic mass is 16.6. The number of Topliss-reactive ketones (excluding diaryl/α,β-unsaturated/α-hetero) is 1. The molecule has 118 valence electrons. The van der Waals surface area contributed by atoms with Gasteiger partial charge in [-0.25, -0.2) is 0 Å². The molecule has 7 nitrogen and oxygen atoms in total. The number of methoxy groups -OCH3 is 1. The molecule has 0 heterocycles. The van der Waals surface area contributed by atoms with E-state index < -0.39 is 10.8 Å². The van der Waals surface area contributed by atoms with Crippen LogP contribution in [0.15, 0.2) is 42.5 Å². The number of nitro benzene ring substituents is 1. The maximum Gasteiger partial charge on any atom is 0.311 e. The van der Waals surface area contributed by atoms with Crippen LogP contribution in [0.25, 0.3) is 0 Å². The molecule has 0 aromatic heterocycles. The summed E-state index contributed by atoms with van der Waals surface area (Å²) in [4.78, 5) is 33.9. The molecule has 0 unspecified atom stereocenters. The first-order valence-electron chi connectivity index (χ1n) is 6.67. The predicted octanol–water partition coefficient (Wildman–Crippen LogP) is 3.06. The number of ether oxygens (including phenoxy) is 1. The number of amides is 1. The van der Waals surface area contributed by atoms with Gasteiger partial charge in [-0.2, -0.15) is 0 Å². The number of hydrogen-bond acceptors (Lipinski definition) is 5. The lowest BCUT2D eigenvalue weighted by Gasteiger charge is -2.07. The number of ketones is 1. The lowest BCUT2D eigenvalue weighted by Crippen LogP contribution is -2.12. The molecular weight excluding hydrogens is 300 g/mol. The van der Waals surface area contributed by atoms with Crippen LogP contribution in [-0.2, 0) is 0 Å². The second-order valence-corrected chi connectivity index (χ2v) is 4.73. The molecule has 1 amide bonds. The predicted molar refractivity (Wildman–Crippen MR) is 84.0 cm³/mol. The first-order chi connectivity index (χ1) is 10.9. The lowest BCUT2D eigenvalue weighted by molar-refractivity contribution is -0.385. The average Bonchev–Trinajstić information content (AvgIpc) is 2.54. The van der Waals surface area contributed by atoms with Crippen molar-refractivity contribution in [2.45, 2.75) is 6.92 Å². The van der Waals surface area contributed by atoms with Gasteiger partial charge >= 0.3 is 5.69 Å². The van der Waals surface area contributed by atoms with E-state index >= 15 is 0 Å². The van der Waals surface area contributed by atoms with Crippen LogP contribution in [-0.4, -0.2) is 23.7 Å². The molecule has 23 heavy (non-hydrogen) atoms. The Hall–Kier alpha value is -3.22. The van der Waals surface area contributed by atoms with E-state index in [9.17, 15) is 19.7 Å². The van der Waals surface area contributed by atoms with Crippen molar-refractivity contribution in [2.24, 2.45) is 0 Å². The number of carbonyl (C=O) groups excluding carboxylic acids is 2. The van der Waals surface area contributed by atoms with Crippen LogP contribution in [0, 0.1) is 10.1 Å². The van der Waals surface area contributed by atoms with Crippen molar-refractivity contribution >= 4 is 23.1 Å². The van der Waals surface area contributed by atoms with E-state index in [0.717, 1.165) is 6.07 Å². The Kier molecular flexibility index (Phi) is 4.70. The highest BCUT2D eigenvalue weighted by molar-refractivity contribution is 6.05. The molecule has 2 aromatic carbocycles. The zero-order chi connectivity index (χ0) is 17.0. The average molecular weight is 314 g/mol. The van der Waals surface area contributed by atoms with Crippen molar-refractivity contribution in [3.8, 4) is 5.75 Å². The molecule has 2 aromatic rings. The van der Waals surface area contributed by atoms with E-state index in [2.05, 4.69) is 5.32 Å². The lowest BCUT2D eigenvalue weighted by atomic mass is 10.1. The van der Waals surface area contributed by atoms with Gasteiger partial charge in [-0.1, -0.05) is 12.1 Å². The molecule has 2 rings (SSSR count). The molecule has 0 fully saturated rings. The molecular formula is C16H14N2O5. The van der Waals surface area contributed by atoms with Crippen LogP contribution in [0.2, 0.25) is 0 Å². The summed E-state index contributed by atoms with van der Waals surface area (Å²) < 4.78 is 4.89. The van der Waals surface area contributed by atoms with E-state index in [1.165, 1.54) is 32.2 Å². The highest BCUT2D eigenvalue weighted by Gasteiger charge is 2.18. The number of rotatable bonds is 5. The van der Waals surface area contributed by atoms with E-state index in [1.54, 1.807) is 18.2 Å². The first-order valence-corrected chi connectivity index (χ1v) is 6.67. The second kappa shape index (κ2) is 6.69. The summed E-state index contributed by atoms with van der Waals surface area (Å²) in [7, 11) is 1.31. The van der Waals surface area contributed by atoms with Crippen molar-refractivity contribution < 1.29 is 19.2 Å². The standard InChI is InChI=1S/C16H14N2O5/c1-10(19)11-4-3-5-13(8-11)17-16(20)12-6-7-15(23-2)14(9-12)18(21)22/h3-9H,1-2H3,(H,17,20). The summed E-state index contributed by atoms with van der Waals surface area (Å²) in [6.07, 6.45) is 0. The maximum absolute atomic E-state index is 12.2. The van der Waals surface area contributed by atoms with Gasteiger partial charge in [-0.05, 0) is 31.2 Å². The Morgan fingerprint density at radius 3 is 2.48 bits per heavy atom. The smallest absolute Gasteiger partial charge is 0.311 e. The van der Waals surface area contributed by atoms with Gasteiger partial charge in [0.2, 0.25) is 0 Å². The van der Waals surface area contributed by atoms with Crippen molar-refractivity contribution in [3.05, 3.63) is 63.7 Å². The van der Waals surface area contributed by atoms with Crippen molar-refractivity contribution in [1.29, 1.82) is 0 Å². The zero-order valence-electron chi connectivity index (χ0n) is 12.5. The van der Waals surface area contributed by atoms with E-state index in [-0.39, 0.29) is 22.8 Å². The molecule has 0 atom stereocenters. The fraction of sp³-hybridized carbons (Fsp3) is 0.125. The third-order valence-electron chi connectivity index (χ3n) is 3.16. The molecule has 0 radical (unpaired) electrons. The van der Waals surface area contributed by atoms with Gasteiger partial charge in [-0.15, -0.1) is 0 Å². The van der Waals surface area contributed by atoms with E-state index in [0.29, 0.717) is 11.3 Å². The summed E-state index contributed by atoms with van der Waals surface area (Å²) in [5.74, 6) is -0.567. The van der Waals surface area contributed by atoms with Crippen LogP contribution in [0.4, 0.5) is 11.4 Å². The number of carbonyl (C=O) groups is 2. The quantitative estimate of drug-likeness (QED) is 0.519. The van der Waals surface area contributed by atoms with Gasteiger partial charge in [0, 0.05) is 22.9 Å². The van der Waals surface area contributed by atoms with Gasteiger partial charge in [0.1, 0.15) is 0 Å². The van der Waals surface area contributed by atoms with Crippen LogP contribution in [0.3, 0.4) is 0 Å².